The fourth-order valence-corrected chi connectivity index (χ4v) is 2.75. The van der Waals surface area contributed by atoms with Gasteiger partial charge in [0.1, 0.15) is 5.82 Å². The summed E-state index contributed by atoms with van der Waals surface area (Å²) in [7, 11) is 0. The normalized spacial score (nSPS) is 18.5. The number of carbonyl (C=O) groups excluding carboxylic acids is 1. The summed E-state index contributed by atoms with van der Waals surface area (Å²) >= 11 is 0. The third-order valence-electron chi connectivity index (χ3n) is 3.84. The number of aliphatic hydroxyl groups is 1. The molecule has 1 aromatic heterocycles. The first-order chi connectivity index (χ1) is 10.5. The minimum absolute atomic E-state index is 0.197. The molecule has 1 fully saturated rings. The smallest absolute Gasteiger partial charge is 0.274 e. The van der Waals surface area contributed by atoms with Gasteiger partial charge in [0, 0.05) is 18.8 Å². The lowest BCUT2D eigenvalue weighted by atomic mass is 10.1. The molecule has 0 spiro atoms. The Morgan fingerprint density at radius 2 is 2.23 bits per heavy atom. The Labute approximate surface area is 128 Å². The number of β-amino-alcohol motifs (C(OH)–C–C–N with tert-alkyl or cyclic N) is 1. The summed E-state index contributed by atoms with van der Waals surface area (Å²) in [6, 6.07) is 7.77. The van der Waals surface area contributed by atoms with Gasteiger partial charge in [0.2, 0.25) is 0 Å². The van der Waals surface area contributed by atoms with E-state index in [0.29, 0.717) is 24.5 Å². The van der Waals surface area contributed by atoms with Crippen LogP contribution in [0.4, 0.5) is 4.39 Å². The van der Waals surface area contributed by atoms with Gasteiger partial charge in [-0.2, -0.15) is 5.10 Å². The lowest BCUT2D eigenvalue weighted by molar-refractivity contribution is 0.0468. The monoisotopic (exact) mass is 303 g/mol. The number of benzene rings is 1. The van der Waals surface area contributed by atoms with Crippen molar-refractivity contribution < 1.29 is 14.3 Å². The number of piperidine rings is 1. The van der Waals surface area contributed by atoms with Gasteiger partial charge in [0.15, 0.2) is 5.69 Å². The van der Waals surface area contributed by atoms with E-state index in [-0.39, 0.29) is 11.7 Å². The van der Waals surface area contributed by atoms with Crippen molar-refractivity contribution in [2.45, 2.75) is 25.9 Å². The van der Waals surface area contributed by atoms with Crippen LogP contribution in [-0.4, -0.2) is 44.9 Å². The summed E-state index contributed by atoms with van der Waals surface area (Å²) in [6.07, 6.45) is 1.04. The summed E-state index contributed by atoms with van der Waals surface area (Å²) in [6.45, 7) is 2.78. The van der Waals surface area contributed by atoms with E-state index in [0.717, 1.165) is 18.5 Å². The van der Waals surface area contributed by atoms with Crippen molar-refractivity contribution in [2.75, 3.05) is 13.1 Å². The van der Waals surface area contributed by atoms with Gasteiger partial charge in [-0.1, -0.05) is 6.07 Å². The SMILES string of the molecule is Cc1cc(C(=O)N2CCCC(O)C2)nn1-c1cccc(F)c1. The van der Waals surface area contributed by atoms with E-state index >= 15 is 0 Å². The van der Waals surface area contributed by atoms with E-state index in [2.05, 4.69) is 5.10 Å². The van der Waals surface area contributed by atoms with Crippen molar-refractivity contribution in [1.82, 2.24) is 14.7 Å². The van der Waals surface area contributed by atoms with Crippen LogP contribution in [0.15, 0.2) is 30.3 Å². The molecule has 3 rings (SSSR count). The molecule has 0 aliphatic carbocycles. The molecule has 1 aliphatic heterocycles. The molecule has 1 unspecified atom stereocenters. The van der Waals surface area contributed by atoms with E-state index in [4.69, 9.17) is 0 Å². The van der Waals surface area contributed by atoms with Crippen LogP contribution >= 0.6 is 0 Å². The molecule has 2 heterocycles. The molecule has 1 aromatic carbocycles. The van der Waals surface area contributed by atoms with Crippen LogP contribution in [0.25, 0.3) is 5.69 Å². The van der Waals surface area contributed by atoms with E-state index in [1.165, 1.54) is 12.1 Å². The summed E-state index contributed by atoms with van der Waals surface area (Å²) in [5.74, 6) is -0.545. The second kappa shape index (κ2) is 5.88. The Balaban J connectivity index is 1.87. The minimum Gasteiger partial charge on any atom is -0.391 e. The fraction of sp³-hybridized carbons (Fsp3) is 0.375. The highest BCUT2D eigenvalue weighted by Crippen LogP contribution is 2.17. The van der Waals surface area contributed by atoms with Crippen LogP contribution in [-0.2, 0) is 0 Å². The molecule has 116 valence electrons. The number of carbonyl (C=O) groups is 1. The molecule has 0 saturated carbocycles. The molecule has 1 aliphatic rings. The second-order valence-electron chi connectivity index (χ2n) is 5.61. The van der Waals surface area contributed by atoms with Crippen molar-refractivity contribution in [1.29, 1.82) is 0 Å². The van der Waals surface area contributed by atoms with E-state index in [1.807, 2.05) is 6.92 Å². The van der Waals surface area contributed by atoms with Crippen LogP contribution in [0, 0.1) is 12.7 Å². The van der Waals surface area contributed by atoms with Crippen molar-refractivity contribution >= 4 is 5.91 Å². The molecule has 0 radical (unpaired) electrons. The maximum absolute atomic E-state index is 13.3. The number of halogens is 1. The van der Waals surface area contributed by atoms with Crippen LogP contribution in [0.3, 0.4) is 0 Å². The number of aliphatic hydroxyl groups excluding tert-OH is 1. The molecule has 0 bridgehead atoms. The number of rotatable bonds is 2. The Hall–Kier alpha value is -2.21. The van der Waals surface area contributed by atoms with Crippen LogP contribution in [0.5, 0.6) is 0 Å². The maximum Gasteiger partial charge on any atom is 0.274 e. The average Bonchev–Trinajstić information content (AvgIpc) is 2.88. The van der Waals surface area contributed by atoms with Gasteiger partial charge in [-0.3, -0.25) is 4.79 Å². The number of amides is 1. The standard InChI is InChI=1S/C16H18FN3O2/c1-11-8-15(16(22)19-7-3-6-14(21)10-19)18-20(11)13-5-2-4-12(17)9-13/h2,4-5,8-9,14,21H,3,6-7,10H2,1H3. The third-order valence-corrected chi connectivity index (χ3v) is 3.84. The molecule has 1 atom stereocenters. The Morgan fingerprint density at radius 1 is 1.41 bits per heavy atom. The van der Waals surface area contributed by atoms with Crippen molar-refractivity contribution in [3.8, 4) is 5.69 Å². The van der Waals surface area contributed by atoms with E-state index < -0.39 is 6.10 Å². The molecule has 22 heavy (non-hydrogen) atoms. The van der Waals surface area contributed by atoms with Crippen LogP contribution in [0.1, 0.15) is 29.0 Å². The average molecular weight is 303 g/mol. The number of hydrogen-bond acceptors (Lipinski definition) is 3. The number of aryl methyl sites for hydroxylation is 1. The van der Waals surface area contributed by atoms with Gasteiger partial charge < -0.3 is 10.0 Å². The zero-order chi connectivity index (χ0) is 15.7. The highest BCUT2D eigenvalue weighted by molar-refractivity contribution is 5.92. The largest absolute Gasteiger partial charge is 0.391 e. The number of nitrogens with zero attached hydrogens (tertiary/aromatic N) is 3. The molecule has 1 N–H and O–H groups in total. The number of hydrogen-bond donors (Lipinski definition) is 1. The summed E-state index contributed by atoms with van der Waals surface area (Å²) in [5.41, 5.74) is 1.65. The van der Waals surface area contributed by atoms with Gasteiger partial charge in [0.05, 0.1) is 11.8 Å². The maximum atomic E-state index is 13.3. The summed E-state index contributed by atoms with van der Waals surface area (Å²) in [4.78, 5) is 14.1. The van der Waals surface area contributed by atoms with Gasteiger partial charge in [-0.15, -0.1) is 0 Å². The number of likely N-dealkylation sites (tertiary alicyclic amines) is 1. The first kappa shape index (κ1) is 14.7. The summed E-state index contributed by atoms with van der Waals surface area (Å²) in [5, 5.41) is 14.0. The van der Waals surface area contributed by atoms with Crippen molar-refractivity contribution in [3.05, 3.63) is 47.5 Å². The lowest BCUT2D eigenvalue weighted by Gasteiger charge is -2.29. The van der Waals surface area contributed by atoms with Crippen molar-refractivity contribution in [2.24, 2.45) is 0 Å². The highest BCUT2D eigenvalue weighted by Gasteiger charge is 2.25. The fourth-order valence-electron chi connectivity index (χ4n) is 2.75. The molecule has 1 amide bonds. The second-order valence-corrected chi connectivity index (χ2v) is 5.61. The third kappa shape index (κ3) is 2.87. The quantitative estimate of drug-likeness (QED) is 0.922. The molecule has 6 heteroatoms. The highest BCUT2D eigenvalue weighted by atomic mass is 19.1. The topological polar surface area (TPSA) is 58.4 Å². The number of aromatic nitrogens is 2. The van der Waals surface area contributed by atoms with Crippen molar-refractivity contribution in [3.63, 3.8) is 0 Å². The molecular formula is C16H18FN3O2. The van der Waals surface area contributed by atoms with E-state index in [9.17, 15) is 14.3 Å². The van der Waals surface area contributed by atoms with Gasteiger partial charge in [-0.25, -0.2) is 9.07 Å². The Kier molecular flexibility index (Phi) is 3.94. The molecule has 2 aromatic rings. The molecular weight excluding hydrogens is 285 g/mol. The first-order valence-electron chi connectivity index (χ1n) is 7.34. The van der Waals surface area contributed by atoms with Crippen LogP contribution < -0.4 is 0 Å². The predicted molar refractivity (Wildman–Crippen MR) is 79.4 cm³/mol. The van der Waals surface area contributed by atoms with Gasteiger partial charge in [-0.05, 0) is 44.0 Å². The van der Waals surface area contributed by atoms with Crippen LogP contribution in [0.2, 0.25) is 0 Å². The Bertz CT molecular complexity index is 698. The van der Waals surface area contributed by atoms with Gasteiger partial charge >= 0.3 is 0 Å². The lowest BCUT2D eigenvalue weighted by Crippen LogP contribution is -2.42. The Morgan fingerprint density at radius 3 is 2.95 bits per heavy atom. The predicted octanol–water partition coefficient (Wildman–Crippen LogP) is 1.92. The summed E-state index contributed by atoms with van der Waals surface area (Å²) < 4.78 is 14.9. The zero-order valence-corrected chi connectivity index (χ0v) is 12.4. The van der Waals surface area contributed by atoms with Gasteiger partial charge in [0.25, 0.3) is 5.91 Å². The first-order valence-corrected chi connectivity index (χ1v) is 7.34. The molecule has 5 nitrogen and oxygen atoms in total. The zero-order valence-electron chi connectivity index (χ0n) is 12.4. The minimum atomic E-state index is -0.468. The molecule has 1 saturated heterocycles. The van der Waals surface area contributed by atoms with E-state index in [1.54, 1.807) is 27.8 Å².